The van der Waals surface area contributed by atoms with E-state index in [4.69, 9.17) is 0 Å². The lowest BCUT2D eigenvalue weighted by atomic mass is 9.98. The molecule has 1 amide bonds. The van der Waals surface area contributed by atoms with Crippen molar-refractivity contribution in [2.24, 2.45) is 11.8 Å². The van der Waals surface area contributed by atoms with Gasteiger partial charge in [0, 0.05) is 36.8 Å². The maximum Gasteiger partial charge on any atom is 0.236 e. The number of aromatic nitrogens is 2. The van der Waals surface area contributed by atoms with Gasteiger partial charge in [0.15, 0.2) is 0 Å². The number of likely N-dealkylation sites (N-methyl/N-ethyl adjacent to an activating group) is 1. The number of carbonyl (C=O) groups excluding carboxylic acids is 1. The fourth-order valence-corrected chi connectivity index (χ4v) is 3.57. The van der Waals surface area contributed by atoms with Crippen molar-refractivity contribution in [3.8, 4) is 0 Å². The standard InChI is InChI=1S/C17H27N5O.2ClH/c1-3-4-13-7-19-11-20-17(13)21-15-10-22(16(23)8-18-2)9-14(15)12-5-6-12;;/h7,11-12,14-15,18H,3-6,8-10H2,1-2H3,(H,19,20,21);2*1H/t14-,15+;;/m1../s1. The van der Waals surface area contributed by atoms with Crippen LogP contribution in [0.5, 0.6) is 0 Å². The summed E-state index contributed by atoms with van der Waals surface area (Å²) in [5.74, 6) is 2.44. The van der Waals surface area contributed by atoms with Gasteiger partial charge in [-0.15, -0.1) is 24.8 Å². The molecule has 1 saturated heterocycles. The molecule has 0 bridgehead atoms. The van der Waals surface area contributed by atoms with Gasteiger partial charge in [-0.2, -0.15) is 0 Å². The Morgan fingerprint density at radius 2 is 2.08 bits per heavy atom. The van der Waals surface area contributed by atoms with Gasteiger partial charge in [0.05, 0.1) is 6.54 Å². The number of nitrogens with one attached hydrogen (secondary N) is 2. The van der Waals surface area contributed by atoms with Crippen LogP contribution in [-0.4, -0.2) is 53.5 Å². The molecule has 3 rings (SSSR count). The molecular weight excluding hydrogens is 361 g/mol. The fourth-order valence-electron chi connectivity index (χ4n) is 3.57. The van der Waals surface area contributed by atoms with E-state index in [9.17, 15) is 4.79 Å². The van der Waals surface area contributed by atoms with Crippen molar-refractivity contribution >= 4 is 36.5 Å². The summed E-state index contributed by atoms with van der Waals surface area (Å²) in [6, 6.07) is 0.300. The first-order valence-electron chi connectivity index (χ1n) is 8.70. The van der Waals surface area contributed by atoms with Crippen LogP contribution in [0.25, 0.3) is 0 Å². The van der Waals surface area contributed by atoms with Gasteiger partial charge < -0.3 is 15.5 Å². The Hall–Kier alpha value is -1.11. The molecule has 1 aromatic rings. The Labute approximate surface area is 162 Å². The highest BCUT2D eigenvalue weighted by Crippen LogP contribution is 2.42. The van der Waals surface area contributed by atoms with Crippen molar-refractivity contribution in [1.29, 1.82) is 0 Å². The molecule has 2 fully saturated rings. The number of carbonyl (C=O) groups is 1. The fraction of sp³-hybridized carbons (Fsp3) is 0.706. The van der Waals surface area contributed by atoms with Gasteiger partial charge in [-0.05, 0) is 32.2 Å². The second-order valence-corrected chi connectivity index (χ2v) is 6.73. The molecule has 2 N–H and O–H groups in total. The van der Waals surface area contributed by atoms with Gasteiger partial charge in [0.2, 0.25) is 5.91 Å². The number of anilines is 1. The van der Waals surface area contributed by atoms with E-state index in [0.717, 1.165) is 37.7 Å². The maximum absolute atomic E-state index is 12.2. The zero-order valence-corrected chi connectivity index (χ0v) is 16.5. The van der Waals surface area contributed by atoms with Crippen molar-refractivity contribution < 1.29 is 4.79 Å². The van der Waals surface area contributed by atoms with Gasteiger partial charge in [0.1, 0.15) is 12.1 Å². The molecule has 2 heterocycles. The van der Waals surface area contributed by atoms with Gasteiger partial charge in [0.25, 0.3) is 0 Å². The van der Waals surface area contributed by atoms with Crippen LogP contribution in [-0.2, 0) is 11.2 Å². The Balaban J connectivity index is 0.00000156. The average Bonchev–Trinajstić information content (AvgIpc) is 3.30. The molecule has 0 spiro atoms. The van der Waals surface area contributed by atoms with E-state index in [1.54, 1.807) is 6.33 Å². The zero-order valence-electron chi connectivity index (χ0n) is 14.9. The molecule has 6 nitrogen and oxygen atoms in total. The molecule has 2 atom stereocenters. The molecule has 0 radical (unpaired) electrons. The molecule has 1 aliphatic carbocycles. The van der Waals surface area contributed by atoms with Crippen LogP contribution in [0.15, 0.2) is 12.5 Å². The van der Waals surface area contributed by atoms with Gasteiger partial charge in [-0.25, -0.2) is 9.97 Å². The number of nitrogens with zero attached hydrogens (tertiary/aromatic N) is 3. The van der Waals surface area contributed by atoms with E-state index in [0.29, 0.717) is 18.5 Å². The Morgan fingerprint density at radius 1 is 1.32 bits per heavy atom. The van der Waals surface area contributed by atoms with Crippen molar-refractivity contribution in [1.82, 2.24) is 20.2 Å². The number of likely N-dealkylation sites (tertiary alicyclic amines) is 1. The molecule has 25 heavy (non-hydrogen) atoms. The third-order valence-electron chi connectivity index (χ3n) is 4.90. The molecule has 1 aliphatic heterocycles. The molecule has 1 saturated carbocycles. The van der Waals surface area contributed by atoms with E-state index in [1.165, 1.54) is 18.4 Å². The van der Waals surface area contributed by atoms with Crippen molar-refractivity contribution in [3.63, 3.8) is 0 Å². The van der Waals surface area contributed by atoms with Crippen LogP contribution in [0.4, 0.5) is 5.82 Å². The summed E-state index contributed by atoms with van der Waals surface area (Å²) in [6.07, 6.45) is 8.15. The van der Waals surface area contributed by atoms with E-state index in [1.807, 2.05) is 18.1 Å². The second kappa shape index (κ2) is 10.1. The lowest BCUT2D eigenvalue weighted by molar-refractivity contribution is -0.129. The third-order valence-corrected chi connectivity index (χ3v) is 4.90. The number of amides is 1. The van der Waals surface area contributed by atoms with Gasteiger partial charge >= 0.3 is 0 Å². The first-order valence-corrected chi connectivity index (χ1v) is 8.70. The highest BCUT2D eigenvalue weighted by atomic mass is 35.5. The Bertz CT molecular complexity index is 556. The molecule has 142 valence electrons. The predicted molar refractivity (Wildman–Crippen MR) is 105 cm³/mol. The summed E-state index contributed by atoms with van der Waals surface area (Å²) in [5, 5.41) is 6.59. The molecule has 2 aliphatic rings. The lowest BCUT2D eigenvalue weighted by Crippen LogP contribution is -2.37. The summed E-state index contributed by atoms with van der Waals surface area (Å²) >= 11 is 0. The summed E-state index contributed by atoms with van der Waals surface area (Å²) in [7, 11) is 1.82. The molecule has 0 aromatic carbocycles. The highest BCUT2D eigenvalue weighted by Gasteiger charge is 2.43. The minimum absolute atomic E-state index is 0. The maximum atomic E-state index is 12.2. The van der Waals surface area contributed by atoms with Crippen LogP contribution < -0.4 is 10.6 Å². The third kappa shape index (κ3) is 5.43. The summed E-state index contributed by atoms with van der Waals surface area (Å²) in [4.78, 5) is 22.8. The number of rotatable bonds is 7. The topological polar surface area (TPSA) is 70.2 Å². The zero-order chi connectivity index (χ0) is 16.2. The monoisotopic (exact) mass is 389 g/mol. The van der Waals surface area contributed by atoms with Crippen LogP contribution >= 0.6 is 24.8 Å². The molecule has 8 heteroatoms. The minimum Gasteiger partial charge on any atom is -0.365 e. The summed E-state index contributed by atoms with van der Waals surface area (Å²) in [6.45, 7) is 4.23. The first-order chi connectivity index (χ1) is 11.2. The van der Waals surface area contributed by atoms with E-state index in [-0.39, 0.29) is 30.7 Å². The first kappa shape index (κ1) is 21.9. The van der Waals surface area contributed by atoms with E-state index in [2.05, 4.69) is 27.5 Å². The smallest absolute Gasteiger partial charge is 0.236 e. The van der Waals surface area contributed by atoms with Crippen LogP contribution in [0.1, 0.15) is 31.7 Å². The largest absolute Gasteiger partial charge is 0.365 e. The summed E-state index contributed by atoms with van der Waals surface area (Å²) < 4.78 is 0. The van der Waals surface area contributed by atoms with Crippen molar-refractivity contribution in [2.75, 3.05) is 32.0 Å². The average molecular weight is 390 g/mol. The van der Waals surface area contributed by atoms with Crippen molar-refractivity contribution in [3.05, 3.63) is 18.1 Å². The number of hydrogen-bond acceptors (Lipinski definition) is 5. The summed E-state index contributed by atoms with van der Waals surface area (Å²) in [5.41, 5.74) is 1.17. The molecular formula is C17H29Cl2N5O. The van der Waals surface area contributed by atoms with E-state index >= 15 is 0 Å². The van der Waals surface area contributed by atoms with Gasteiger partial charge in [-0.1, -0.05) is 13.3 Å². The Morgan fingerprint density at radius 3 is 2.72 bits per heavy atom. The number of halogens is 2. The second-order valence-electron chi connectivity index (χ2n) is 6.73. The van der Waals surface area contributed by atoms with Gasteiger partial charge in [-0.3, -0.25) is 4.79 Å². The normalized spacial score (nSPS) is 22.1. The van der Waals surface area contributed by atoms with Crippen LogP contribution in [0.3, 0.4) is 0 Å². The highest BCUT2D eigenvalue weighted by molar-refractivity contribution is 5.85. The number of aryl methyl sites for hydroxylation is 1. The van der Waals surface area contributed by atoms with Crippen LogP contribution in [0, 0.1) is 11.8 Å². The molecule has 1 aromatic heterocycles. The number of hydrogen-bond donors (Lipinski definition) is 2. The molecule has 0 unspecified atom stereocenters. The van der Waals surface area contributed by atoms with E-state index < -0.39 is 0 Å². The predicted octanol–water partition coefficient (Wildman–Crippen LogP) is 2.14. The van der Waals surface area contributed by atoms with Crippen LogP contribution in [0.2, 0.25) is 0 Å². The lowest BCUT2D eigenvalue weighted by Gasteiger charge is -2.21. The Kier molecular flexibility index (Phi) is 8.89. The quantitative estimate of drug-likeness (QED) is 0.747. The van der Waals surface area contributed by atoms with Crippen molar-refractivity contribution in [2.45, 2.75) is 38.6 Å². The minimum atomic E-state index is 0. The SMILES string of the molecule is CCCc1cncnc1N[C@H]1CN(C(=O)CNC)C[C@@H]1C1CC1.Cl.Cl.